The fourth-order valence-corrected chi connectivity index (χ4v) is 6.21. The second-order valence-electron chi connectivity index (χ2n) is 9.57. The van der Waals surface area contributed by atoms with E-state index in [0.717, 1.165) is 20.4 Å². The smallest absolute Gasteiger partial charge is 0.271 e. The van der Waals surface area contributed by atoms with Gasteiger partial charge < -0.3 is 10.2 Å². The summed E-state index contributed by atoms with van der Waals surface area (Å²) in [5, 5.41) is 14.2. The van der Waals surface area contributed by atoms with E-state index in [2.05, 4.69) is 21.2 Å². The van der Waals surface area contributed by atoms with Crippen LogP contribution in [-0.2, 0) is 32.6 Å². The highest BCUT2D eigenvalue weighted by Gasteiger charge is 2.34. The molecule has 0 fully saturated rings. The average Bonchev–Trinajstić information content (AvgIpc) is 3.02. The SMILES string of the molecule is CNC(=O)C(Cc1ccccc1)N(Cc1ccc(Br)cc1)C(=O)CN(c1cccc([N+](=O)[O-])c1)S(=O)(=O)c1ccccc1. The molecule has 0 aliphatic rings. The van der Waals surface area contributed by atoms with Gasteiger partial charge in [-0.3, -0.25) is 24.0 Å². The Balaban J connectivity index is 1.80. The van der Waals surface area contributed by atoms with E-state index in [0.29, 0.717) is 5.56 Å². The number of hydrogen-bond acceptors (Lipinski definition) is 6. The number of anilines is 1. The van der Waals surface area contributed by atoms with Crippen molar-refractivity contribution in [2.75, 3.05) is 17.9 Å². The van der Waals surface area contributed by atoms with E-state index < -0.39 is 39.3 Å². The molecule has 1 unspecified atom stereocenters. The molecule has 222 valence electrons. The van der Waals surface area contributed by atoms with Crippen LogP contribution in [0.15, 0.2) is 119 Å². The lowest BCUT2D eigenvalue weighted by Crippen LogP contribution is -2.53. The van der Waals surface area contributed by atoms with Crippen molar-refractivity contribution in [1.29, 1.82) is 0 Å². The zero-order valence-electron chi connectivity index (χ0n) is 23.2. The van der Waals surface area contributed by atoms with Crippen molar-refractivity contribution in [3.63, 3.8) is 0 Å². The van der Waals surface area contributed by atoms with Crippen LogP contribution in [0.25, 0.3) is 0 Å². The quantitative estimate of drug-likeness (QED) is 0.169. The van der Waals surface area contributed by atoms with Crippen molar-refractivity contribution in [2.45, 2.75) is 23.9 Å². The van der Waals surface area contributed by atoms with Gasteiger partial charge in [0, 0.05) is 36.6 Å². The number of carbonyl (C=O) groups is 2. The monoisotopic (exact) mass is 664 g/mol. The van der Waals surface area contributed by atoms with E-state index in [4.69, 9.17) is 0 Å². The third kappa shape index (κ3) is 7.85. The first-order valence-electron chi connectivity index (χ1n) is 13.2. The molecule has 10 nitrogen and oxygen atoms in total. The summed E-state index contributed by atoms with van der Waals surface area (Å²) < 4.78 is 29.5. The molecule has 0 aliphatic heterocycles. The molecule has 1 atom stereocenters. The minimum absolute atomic E-state index is 0.00515. The van der Waals surface area contributed by atoms with Gasteiger partial charge in [-0.2, -0.15) is 0 Å². The van der Waals surface area contributed by atoms with Crippen molar-refractivity contribution < 1.29 is 22.9 Å². The molecule has 12 heteroatoms. The van der Waals surface area contributed by atoms with E-state index in [-0.39, 0.29) is 29.2 Å². The lowest BCUT2D eigenvalue weighted by molar-refractivity contribution is -0.384. The number of rotatable bonds is 12. The van der Waals surface area contributed by atoms with Crippen LogP contribution in [0, 0.1) is 10.1 Å². The highest BCUT2D eigenvalue weighted by molar-refractivity contribution is 9.10. The third-order valence-electron chi connectivity index (χ3n) is 6.72. The summed E-state index contributed by atoms with van der Waals surface area (Å²) in [4.78, 5) is 39.7. The van der Waals surface area contributed by atoms with Gasteiger partial charge in [0.25, 0.3) is 15.7 Å². The number of nitrogens with zero attached hydrogens (tertiary/aromatic N) is 3. The van der Waals surface area contributed by atoms with Gasteiger partial charge in [0.1, 0.15) is 12.6 Å². The Bertz CT molecular complexity index is 1690. The molecule has 43 heavy (non-hydrogen) atoms. The number of carbonyl (C=O) groups excluding carboxylic acids is 2. The van der Waals surface area contributed by atoms with Crippen LogP contribution < -0.4 is 9.62 Å². The number of halogens is 1. The van der Waals surface area contributed by atoms with Crippen LogP contribution in [-0.4, -0.2) is 49.7 Å². The number of nitro benzene ring substituents is 1. The third-order valence-corrected chi connectivity index (χ3v) is 9.04. The van der Waals surface area contributed by atoms with Crippen LogP contribution in [0.4, 0.5) is 11.4 Å². The highest BCUT2D eigenvalue weighted by atomic mass is 79.9. The van der Waals surface area contributed by atoms with Crippen molar-refractivity contribution in [2.24, 2.45) is 0 Å². The molecule has 0 saturated carbocycles. The molecule has 1 N–H and O–H groups in total. The first-order chi connectivity index (χ1) is 20.6. The number of amides is 2. The van der Waals surface area contributed by atoms with Crippen LogP contribution in [0.5, 0.6) is 0 Å². The van der Waals surface area contributed by atoms with E-state index in [1.54, 1.807) is 42.5 Å². The fourth-order valence-electron chi connectivity index (χ4n) is 4.52. The summed E-state index contributed by atoms with van der Waals surface area (Å²) in [6.07, 6.45) is 0.172. The molecule has 0 bridgehead atoms. The molecule has 4 aromatic rings. The van der Waals surface area contributed by atoms with Crippen molar-refractivity contribution in [3.05, 3.63) is 135 Å². The summed E-state index contributed by atoms with van der Waals surface area (Å²) in [5.74, 6) is -1.10. The van der Waals surface area contributed by atoms with Crippen molar-refractivity contribution in [3.8, 4) is 0 Å². The van der Waals surface area contributed by atoms with Gasteiger partial charge in [-0.25, -0.2) is 8.42 Å². The molecule has 0 aromatic heterocycles. The summed E-state index contributed by atoms with van der Waals surface area (Å²) in [6, 6.07) is 28.0. The molecule has 0 saturated heterocycles. The summed E-state index contributed by atoms with van der Waals surface area (Å²) in [7, 11) is -2.89. The first-order valence-corrected chi connectivity index (χ1v) is 15.4. The Morgan fingerprint density at radius 2 is 1.51 bits per heavy atom. The molecule has 0 heterocycles. The largest absolute Gasteiger partial charge is 0.357 e. The van der Waals surface area contributed by atoms with Crippen LogP contribution >= 0.6 is 15.9 Å². The molecular weight excluding hydrogens is 636 g/mol. The Labute approximate surface area is 258 Å². The Kier molecular flexibility index (Phi) is 10.3. The Morgan fingerprint density at radius 1 is 0.884 bits per heavy atom. The molecule has 4 rings (SSSR count). The summed E-state index contributed by atoms with van der Waals surface area (Å²) in [6.45, 7) is -0.706. The molecule has 0 aliphatic carbocycles. The molecular formula is C31H29BrN4O6S. The van der Waals surface area contributed by atoms with E-state index in [1.807, 2.05) is 30.3 Å². The van der Waals surface area contributed by atoms with Crippen molar-refractivity contribution in [1.82, 2.24) is 10.2 Å². The van der Waals surface area contributed by atoms with E-state index >= 15 is 0 Å². The minimum atomic E-state index is -4.36. The number of hydrogen-bond donors (Lipinski definition) is 1. The number of sulfonamides is 1. The number of benzene rings is 4. The van der Waals surface area contributed by atoms with Crippen molar-refractivity contribution >= 4 is 49.1 Å². The molecule has 2 amide bonds. The maximum absolute atomic E-state index is 14.2. The molecule has 0 spiro atoms. The van der Waals surface area contributed by atoms with Crippen LogP contribution in [0.3, 0.4) is 0 Å². The Hall–Kier alpha value is -4.55. The van der Waals surface area contributed by atoms with Gasteiger partial charge in [-0.15, -0.1) is 0 Å². The molecule has 4 aromatic carbocycles. The van der Waals surface area contributed by atoms with Gasteiger partial charge in [0.2, 0.25) is 11.8 Å². The highest BCUT2D eigenvalue weighted by Crippen LogP contribution is 2.28. The zero-order chi connectivity index (χ0) is 31.0. The summed E-state index contributed by atoms with van der Waals surface area (Å²) in [5.41, 5.74) is 1.12. The van der Waals surface area contributed by atoms with E-state index in [1.165, 1.54) is 42.3 Å². The predicted octanol–water partition coefficient (Wildman–Crippen LogP) is 4.94. The predicted molar refractivity (Wildman–Crippen MR) is 167 cm³/mol. The normalized spacial score (nSPS) is 11.8. The van der Waals surface area contributed by atoms with Crippen LogP contribution in [0.2, 0.25) is 0 Å². The number of non-ortho nitro benzene ring substituents is 1. The lowest BCUT2D eigenvalue weighted by atomic mass is 10.0. The topological polar surface area (TPSA) is 130 Å². The fraction of sp³-hybridized carbons (Fsp3) is 0.161. The number of nitro groups is 1. The summed E-state index contributed by atoms with van der Waals surface area (Å²) >= 11 is 3.40. The second-order valence-corrected chi connectivity index (χ2v) is 12.3. The van der Waals surface area contributed by atoms with Gasteiger partial charge in [-0.05, 0) is 41.5 Å². The number of likely N-dealkylation sites (N-methyl/N-ethyl adjacent to an activating group) is 1. The van der Waals surface area contributed by atoms with E-state index in [9.17, 15) is 28.1 Å². The number of nitrogens with one attached hydrogen (secondary N) is 1. The maximum Gasteiger partial charge on any atom is 0.271 e. The average molecular weight is 666 g/mol. The van der Waals surface area contributed by atoms with Gasteiger partial charge >= 0.3 is 0 Å². The van der Waals surface area contributed by atoms with Gasteiger partial charge in [-0.1, -0.05) is 82.7 Å². The maximum atomic E-state index is 14.2. The van der Waals surface area contributed by atoms with Gasteiger partial charge in [0.05, 0.1) is 15.5 Å². The molecule has 0 radical (unpaired) electrons. The first kappa shape index (κ1) is 31.4. The zero-order valence-corrected chi connectivity index (χ0v) is 25.6. The van der Waals surface area contributed by atoms with Gasteiger partial charge in [0.15, 0.2) is 0 Å². The second kappa shape index (κ2) is 14.1. The lowest BCUT2D eigenvalue weighted by Gasteiger charge is -2.33. The Morgan fingerprint density at radius 3 is 2.12 bits per heavy atom. The van der Waals surface area contributed by atoms with Crippen LogP contribution in [0.1, 0.15) is 11.1 Å². The standard InChI is InChI=1S/C31H29BrN4O6S/c1-33-31(38)29(19-23-9-4-2-5-10-23)34(21-24-15-17-25(32)18-16-24)30(37)22-35(26-11-8-12-27(20-26)36(39)40)43(41,42)28-13-6-3-7-14-28/h2-18,20,29H,19,21-22H2,1H3,(H,33,38). The minimum Gasteiger partial charge on any atom is -0.357 e.